The Morgan fingerprint density at radius 2 is 2.00 bits per heavy atom. The van der Waals surface area contributed by atoms with Crippen molar-refractivity contribution < 1.29 is 19.1 Å². The summed E-state index contributed by atoms with van der Waals surface area (Å²) in [5.41, 5.74) is -0.445. The fourth-order valence-corrected chi connectivity index (χ4v) is 5.74. The monoisotopic (exact) mass is 488 g/mol. The number of benzene rings is 1. The molecular formula is C24H26ClFN4O4. The van der Waals surface area contributed by atoms with E-state index in [1.165, 1.54) is 12.1 Å². The van der Waals surface area contributed by atoms with Crippen LogP contribution in [0.15, 0.2) is 23.0 Å². The van der Waals surface area contributed by atoms with Gasteiger partial charge in [-0.05, 0) is 45.3 Å². The molecule has 2 aromatic rings. The molecule has 0 spiro atoms. The molecule has 2 atom stereocenters. The number of likely N-dealkylation sites (tertiary alicyclic amines) is 1. The van der Waals surface area contributed by atoms with Gasteiger partial charge in [-0.2, -0.15) is 0 Å². The number of aromatic hydroxyl groups is 1. The third kappa shape index (κ3) is 3.49. The van der Waals surface area contributed by atoms with Gasteiger partial charge < -0.3 is 19.9 Å². The first kappa shape index (κ1) is 22.9. The molecule has 3 aliphatic heterocycles. The van der Waals surface area contributed by atoms with Crippen LogP contribution in [0.4, 0.5) is 4.39 Å². The molecule has 34 heavy (non-hydrogen) atoms. The van der Waals surface area contributed by atoms with Gasteiger partial charge in [-0.15, -0.1) is 0 Å². The molecule has 1 unspecified atom stereocenters. The van der Waals surface area contributed by atoms with Gasteiger partial charge in [0.1, 0.15) is 11.4 Å². The van der Waals surface area contributed by atoms with Crippen LogP contribution in [0, 0.1) is 5.82 Å². The number of hydrogen-bond acceptors (Lipinski definition) is 5. The molecule has 0 aliphatic carbocycles. The summed E-state index contributed by atoms with van der Waals surface area (Å²) in [7, 11) is 0. The standard InChI is InChI=1S/C24H26ClFN4O4/c1-2-28-12-14-10-16(29-8-3-4-9-29)19-17(21(31)22(32)20(24(28)34)30(14)19)23(33)27-11-13-6-5-7-15(25)18(13)26/h5-7,14,16,32H,2-4,8-12H2,1H3,(H,27,33)/t14?,16-/m1/s1. The maximum Gasteiger partial charge on any atom is 0.274 e. The molecule has 2 N–H and O–H groups in total. The minimum Gasteiger partial charge on any atom is -0.503 e. The number of hydrogen-bond donors (Lipinski definition) is 2. The summed E-state index contributed by atoms with van der Waals surface area (Å²) in [6.45, 7) is 4.27. The molecule has 1 saturated heterocycles. The fourth-order valence-electron chi connectivity index (χ4n) is 5.54. The highest BCUT2D eigenvalue weighted by atomic mass is 35.5. The van der Waals surface area contributed by atoms with Gasteiger partial charge in [-0.1, -0.05) is 23.7 Å². The van der Waals surface area contributed by atoms with Crippen molar-refractivity contribution in [3.8, 4) is 5.75 Å². The zero-order valence-electron chi connectivity index (χ0n) is 18.8. The number of nitrogens with zero attached hydrogens (tertiary/aromatic N) is 3. The van der Waals surface area contributed by atoms with Crippen LogP contribution in [0.3, 0.4) is 0 Å². The van der Waals surface area contributed by atoms with E-state index in [1.54, 1.807) is 15.5 Å². The summed E-state index contributed by atoms with van der Waals surface area (Å²) in [4.78, 5) is 43.6. The molecule has 180 valence electrons. The van der Waals surface area contributed by atoms with Crippen LogP contribution in [0.2, 0.25) is 5.02 Å². The van der Waals surface area contributed by atoms with E-state index in [1.807, 2.05) is 6.92 Å². The molecule has 1 aromatic carbocycles. The van der Waals surface area contributed by atoms with Gasteiger partial charge in [-0.25, -0.2) is 4.39 Å². The predicted molar refractivity (Wildman–Crippen MR) is 124 cm³/mol. The van der Waals surface area contributed by atoms with Crippen LogP contribution in [0.25, 0.3) is 0 Å². The molecular weight excluding hydrogens is 463 g/mol. The first-order valence-electron chi connectivity index (χ1n) is 11.6. The Balaban J connectivity index is 1.60. The molecule has 0 saturated carbocycles. The molecule has 4 heterocycles. The van der Waals surface area contributed by atoms with E-state index in [0.717, 1.165) is 25.9 Å². The lowest BCUT2D eigenvalue weighted by molar-refractivity contribution is 0.0672. The van der Waals surface area contributed by atoms with Crippen molar-refractivity contribution in [2.24, 2.45) is 0 Å². The number of aromatic nitrogens is 1. The quantitative estimate of drug-likeness (QED) is 0.675. The Hall–Kier alpha value is -2.91. The van der Waals surface area contributed by atoms with Crippen molar-refractivity contribution in [2.45, 2.75) is 44.8 Å². The third-order valence-electron chi connectivity index (χ3n) is 7.18. The van der Waals surface area contributed by atoms with Gasteiger partial charge in [0.25, 0.3) is 11.8 Å². The molecule has 5 rings (SSSR count). The summed E-state index contributed by atoms with van der Waals surface area (Å²) >= 11 is 5.84. The predicted octanol–water partition coefficient (Wildman–Crippen LogP) is 2.83. The van der Waals surface area contributed by atoms with Crippen molar-refractivity contribution in [3.05, 3.63) is 61.8 Å². The van der Waals surface area contributed by atoms with Crippen molar-refractivity contribution in [1.82, 2.24) is 19.7 Å². The Kier molecular flexibility index (Phi) is 5.85. The largest absolute Gasteiger partial charge is 0.503 e. The zero-order chi connectivity index (χ0) is 24.1. The molecule has 1 fully saturated rings. The molecule has 1 aromatic heterocycles. The van der Waals surface area contributed by atoms with E-state index >= 15 is 0 Å². The SMILES string of the molecule is CCN1CC2C[C@@H](N3CCCC3)c3c(C(=O)NCc4cccc(Cl)c4F)c(=O)c(O)c(n32)C1=O. The Labute approximate surface area is 200 Å². The molecule has 3 aliphatic rings. The van der Waals surface area contributed by atoms with Gasteiger partial charge in [0.05, 0.1) is 22.8 Å². The van der Waals surface area contributed by atoms with Crippen molar-refractivity contribution in [1.29, 1.82) is 0 Å². The minimum absolute atomic E-state index is 0.0442. The maximum absolute atomic E-state index is 14.3. The van der Waals surface area contributed by atoms with E-state index in [4.69, 9.17) is 11.6 Å². The summed E-state index contributed by atoms with van der Waals surface area (Å²) < 4.78 is 16.0. The van der Waals surface area contributed by atoms with Crippen molar-refractivity contribution in [2.75, 3.05) is 26.2 Å². The number of halogens is 2. The first-order valence-corrected chi connectivity index (χ1v) is 12.0. The smallest absolute Gasteiger partial charge is 0.274 e. The Bertz CT molecular complexity index is 1240. The van der Waals surface area contributed by atoms with E-state index in [2.05, 4.69) is 10.2 Å². The number of rotatable bonds is 5. The number of pyridine rings is 1. The van der Waals surface area contributed by atoms with Gasteiger partial charge >= 0.3 is 0 Å². The number of amides is 2. The Morgan fingerprint density at radius 3 is 2.71 bits per heavy atom. The molecule has 0 radical (unpaired) electrons. The number of nitrogens with one attached hydrogen (secondary N) is 1. The van der Waals surface area contributed by atoms with E-state index in [9.17, 15) is 23.9 Å². The second-order valence-corrected chi connectivity index (χ2v) is 9.45. The average Bonchev–Trinajstić information content (AvgIpc) is 3.47. The summed E-state index contributed by atoms with van der Waals surface area (Å²) in [6, 6.07) is 4.13. The van der Waals surface area contributed by atoms with Crippen LogP contribution >= 0.6 is 11.6 Å². The molecule has 8 nitrogen and oxygen atoms in total. The molecule has 0 bridgehead atoms. The second-order valence-electron chi connectivity index (χ2n) is 9.04. The molecule has 2 amide bonds. The van der Waals surface area contributed by atoms with E-state index < -0.39 is 28.8 Å². The number of carbonyl (C=O) groups is 2. The van der Waals surface area contributed by atoms with E-state index in [0.29, 0.717) is 25.2 Å². The van der Waals surface area contributed by atoms with Gasteiger partial charge in [0.2, 0.25) is 5.43 Å². The zero-order valence-corrected chi connectivity index (χ0v) is 19.6. The van der Waals surface area contributed by atoms with Crippen LogP contribution in [-0.2, 0) is 6.54 Å². The highest BCUT2D eigenvalue weighted by molar-refractivity contribution is 6.30. The summed E-state index contributed by atoms with van der Waals surface area (Å²) in [5, 5.41) is 13.3. The first-order chi connectivity index (χ1) is 16.3. The third-order valence-corrected chi connectivity index (χ3v) is 7.47. The topological polar surface area (TPSA) is 94.9 Å². The highest BCUT2D eigenvalue weighted by Crippen LogP contribution is 2.45. The second kappa shape index (κ2) is 8.70. The fraction of sp³-hybridized carbons (Fsp3) is 0.458. The average molecular weight is 489 g/mol. The van der Waals surface area contributed by atoms with Crippen molar-refractivity contribution >= 4 is 23.4 Å². The summed E-state index contributed by atoms with van der Waals surface area (Å²) in [6.07, 6.45) is 2.68. The molecule has 10 heteroatoms. The van der Waals surface area contributed by atoms with E-state index in [-0.39, 0.29) is 40.5 Å². The lowest BCUT2D eigenvalue weighted by Gasteiger charge is -2.33. The van der Waals surface area contributed by atoms with Crippen LogP contribution in [0.5, 0.6) is 5.75 Å². The van der Waals surface area contributed by atoms with Crippen LogP contribution < -0.4 is 10.7 Å². The summed E-state index contributed by atoms with van der Waals surface area (Å²) in [5.74, 6) is -2.47. The normalized spacial score (nSPS) is 21.7. The van der Waals surface area contributed by atoms with Crippen LogP contribution in [0.1, 0.15) is 70.4 Å². The van der Waals surface area contributed by atoms with Gasteiger partial charge in [0, 0.05) is 25.2 Å². The number of carbonyl (C=O) groups excluding carboxylic acids is 2. The maximum atomic E-state index is 14.3. The Morgan fingerprint density at radius 1 is 1.26 bits per heavy atom. The van der Waals surface area contributed by atoms with Gasteiger partial charge in [-0.3, -0.25) is 19.3 Å². The van der Waals surface area contributed by atoms with Crippen molar-refractivity contribution in [3.63, 3.8) is 0 Å². The van der Waals surface area contributed by atoms with Crippen LogP contribution in [-0.4, -0.2) is 57.5 Å². The highest BCUT2D eigenvalue weighted by Gasteiger charge is 2.46. The minimum atomic E-state index is -0.874. The van der Waals surface area contributed by atoms with Gasteiger partial charge in [0.15, 0.2) is 11.4 Å². The lowest BCUT2D eigenvalue weighted by atomic mass is 10.0. The lowest BCUT2D eigenvalue weighted by Crippen LogP contribution is -2.44. The number of likely N-dealkylation sites (N-methyl/N-ethyl adjacent to an activating group) is 1.